The first kappa shape index (κ1) is 12.7. The Balaban J connectivity index is 1.95. The van der Waals surface area contributed by atoms with Crippen molar-refractivity contribution in [2.45, 2.75) is 19.8 Å². The first-order valence-corrected chi connectivity index (χ1v) is 6.44. The molecule has 18 heavy (non-hydrogen) atoms. The quantitative estimate of drug-likeness (QED) is 0.736. The van der Waals surface area contributed by atoms with Gasteiger partial charge in [0.25, 0.3) is 0 Å². The summed E-state index contributed by atoms with van der Waals surface area (Å²) in [5.74, 6) is 6.33. The highest BCUT2D eigenvalue weighted by molar-refractivity contribution is 5.88. The highest BCUT2D eigenvalue weighted by Gasteiger charge is 2.12. The molecule has 1 fully saturated rings. The van der Waals surface area contributed by atoms with Crippen molar-refractivity contribution in [1.29, 1.82) is 0 Å². The monoisotopic (exact) mass is 243 g/mol. The molecule has 2 rings (SSSR count). The van der Waals surface area contributed by atoms with Crippen LogP contribution < -0.4 is 10.2 Å². The van der Waals surface area contributed by atoms with Crippen molar-refractivity contribution in [2.75, 3.05) is 25.0 Å². The lowest BCUT2D eigenvalue weighted by Crippen LogP contribution is -3.09. The summed E-state index contributed by atoms with van der Waals surface area (Å²) in [5, 5.41) is 2.76. The zero-order chi connectivity index (χ0) is 12.8. The molecule has 0 bridgehead atoms. The summed E-state index contributed by atoms with van der Waals surface area (Å²) in [4.78, 5) is 12.5. The van der Waals surface area contributed by atoms with E-state index in [1.807, 2.05) is 24.3 Å². The predicted octanol–water partition coefficient (Wildman–Crippen LogP) is 0.675. The van der Waals surface area contributed by atoms with Crippen LogP contribution in [0.3, 0.4) is 0 Å². The highest BCUT2D eigenvalue weighted by Crippen LogP contribution is 2.09. The Morgan fingerprint density at radius 3 is 2.89 bits per heavy atom. The van der Waals surface area contributed by atoms with E-state index < -0.39 is 0 Å². The summed E-state index contributed by atoms with van der Waals surface area (Å²) in [5.41, 5.74) is 1.77. The third-order valence-electron chi connectivity index (χ3n) is 3.06. The normalized spacial score (nSPS) is 14.9. The van der Waals surface area contributed by atoms with Crippen molar-refractivity contribution in [2.24, 2.45) is 0 Å². The van der Waals surface area contributed by atoms with Gasteiger partial charge in [-0.3, -0.25) is 4.79 Å². The van der Waals surface area contributed by atoms with Crippen LogP contribution in [0.15, 0.2) is 24.3 Å². The van der Waals surface area contributed by atoms with E-state index in [1.54, 1.807) is 4.90 Å². The summed E-state index contributed by atoms with van der Waals surface area (Å²) in [7, 11) is 0. The average molecular weight is 243 g/mol. The fraction of sp³-hybridized carbons (Fsp3) is 0.400. The molecule has 0 aliphatic carbocycles. The molecular formula is C15H19N2O+. The Hall–Kier alpha value is -1.79. The minimum Gasteiger partial charge on any atom is -0.326 e. The Labute approximate surface area is 108 Å². The van der Waals surface area contributed by atoms with Gasteiger partial charge in [0.05, 0.1) is 13.1 Å². The Kier molecular flexibility index (Phi) is 4.38. The third-order valence-corrected chi connectivity index (χ3v) is 3.06. The SMILES string of the molecule is CC(=O)Nc1cccc(C#CC[NH+]2CCCC2)c1. The second kappa shape index (κ2) is 6.23. The first-order chi connectivity index (χ1) is 8.74. The summed E-state index contributed by atoms with van der Waals surface area (Å²) in [6, 6.07) is 7.67. The molecular weight excluding hydrogens is 224 g/mol. The Morgan fingerprint density at radius 2 is 2.17 bits per heavy atom. The van der Waals surface area contributed by atoms with Gasteiger partial charge in [0.15, 0.2) is 0 Å². The van der Waals surface area contributed by atoms with Gasteiger partial charge in [0.1, 0.15) is 6.54 Å². The van der Waals surface area contributed by atoms with Crippen LogP contribution in [-0.2, 0) is 4.79 Å². The largest absolute Gasteiger partial charge is 0.326 e. The van der Waals surface area contributed by atoms with Crippen molar-refractivity contribution in [3.05, 3.63) is 29.8 Å². The van der Waals surface area contributed by atoms with Crippen LogP contribution in [0.5, 0.6) is 0 Å². The molecule has 0 aromatic heterocycles. The number of hydrogen-bond acceptors (Lipinski definition) is 1. The van der Waals surface area contributed by atoms with Gasteiger partial charge in [-0.25, -0.2) is 0 Å². The number of rotatable bonds is 2. The minimum absolute atomic E-state index is 0.0541. The molecule has 2 N–H and O–H groups in total. The van der Waals surface area contributed by atoms with Crippen molar-refractivity contribution in [1.82, 2.24) is 0 Å². The van der Waals surface area contributed by atoms with E-state index in [4.69, 9.17) is 0 Å². The van der Waals surface area contributed by atoms with Gasteiger partial charge in [-0.1, -0.05) is 12.0 Å². The van der Waals surface area contributed by atoms with E-state index in [-0.39, 0.29) is 5.91 Å². The number of quaternary nitrogens is 1. The maximum absolute atomic E-state index is 11.0. The number of hydrogen-bond donors (Lipinski definition) is 2. The van der Waals surface area contributed by atoms with Gasteiger partial charge in [-0.05, 0) is 24.1 Å². The van der Waals surface area contributed by atoms with Gasteiger partial charge < -0.3 is 10.2 Å². The van der Waals surface area contributed by atoms with E-state index in [9.17, 15) is 4.79 Å². The average Bonchev–Trinajstić information content (AvgIpc) is 2.82. The molecule has 1 aromatic carbocycles. The molecule has 1 aromatic rings. The smallest absolute Gasteiger partial charge is 0.221 e. The van der Waals surface area contributed by atoms with Gasteiger partial charge in [-0.15, -0.1) is 0 Å². The maximum Gasteiger partial charge on any atom is 0.221 e. The molecule has 0 radical (unpaired) electrons. The molecule has 1 amide bonds. The Bertz CT molecular complexity index is 479. The fourth-order valence-electron chi connectivity index (χ4n) is 2.20. The zero-order valence-electron chi connectivity index (χ0n) is 10.8. The number of nitrogens with one attached hydrogen (secondary N) is 2. The summed E-state index contributed by atoms with van der Waals surface area (Å²) < 4.78 is 0. The second-order valence-corrected chi connectivity index (χ2v) is 4.70. The molecule has 1 aliphatic rings. The van der Waals surface area contributed by atoms with Crippen molar-refractivity contribution < 1.29 is 9.69 Å². The van der Waals surface area contributed by atoms with Crippen LogP contribution in [0.25, 0.3) is 0 Å². The molecule has 1 saturated heterocycles. The van der Waals surface area contributed by atoms with Gasteiger partial charge >= 0.3 is 0 Å². The topological polar surface area (TPSA) is 33.5 Å². The lowest BCUT2D eigenvalue weighted by Gasteiger charge is -2.06. The van der Waals surface area contributed by atoms with Gasteiger partial charge in [-0.2, -0.15) is 0 Å². The van der Waals surface area contributed by atoms with Gasteiger partial charge in [0.2, 0.25) is 5.91 Å². The number of carbonyl (C=O) groups is 1. The van der Waals surface area contributed by atoms with E-state index in [0.717, 1.165) is 17.8 Å². The van der Waals surface area contributed by atoms with Crippen LogP contribution in [0.2, 0.25) is 0 Å². The lowest BCUT2D eigenvalue weighted by atomic mass is 10.2. The van der Waals surface area contributed by atoms with Crippen molar-refractivity contribution >= 4 is 11.6 Å². The van der Waals surface area contributed by atoms with Crippen LogP contribution in [-0.4, -0.2) is 25.5 Å². The number of likely N-dealkylation sites (tertiary alicyclic amines) is 1. The first-order valence-electron chi connectivity index (χ1n) is 6.44. The molecule has 1 aliphatic heterocycles. The van der Waals surface area contributed by atoms with Crippen molar-refractivity contribution in [3.8, 4) is 11.8 Å². The minimum atomic E-state index is -0.0541. The zero-order valence-corrected chi connectivity index (χ0v) is 10.8. The molecule has 1 heterocycles. The van der Waals surface area contributed by atoms with E-state index >= 15 is 0 Å². The second-order valence-electron chi connectivity index (χ2n) is 4.70. The summed E-state index contributed by atoms with van der Waals surface area (Å²) >= 11 is 0. The number of carbonyl (C=O) groups excluding carboxylic acids is 1. The van der Waals surface area contributed by atoms with E-state index in [1.165, 1.54) is 32.9 Å². The van der Waals surface area contributed by atoms with E-state index in [2.05, 4.69) is 17.2 Å². The van der Waals surface area contributed by atoms with Crippen LogP contribution in [0.4, 0.5) is 5.69 Å². The summed E-state index contributed by atoms with van der Waals surface area (Å²) in [6.45, 7) is 4.93. The number of amides is 1. The molecule has 0 spiro atoms. The lowest BCUT2D eigenvalue weighted by molar-refractivity contribution is -0.879. The molecule has 3 heteroatoms. The number of benzene rings is 1. The molecule has 0 saturated carbocycles. The Morgan fingerprint density at radius 1 is 1.39 bits per heavy atom. The molecule has 3 nitrogen and oxygen atoms in total. The molecule has 0 atom stereocenters. The third kappa shape index (κ3) is 3.90. The number of anilines is 1. The predicted molar refractivity (Wildman–Crippen MR) is 72.4 cm³/mol. The fourth-order valence-corrected chi connectivity index (χ4v) is 2.20. The molecule has 94 valence electrons. The van der Waals surface area contributed by atoms with Gasteiger partial charge in [0, 0.05) is 31.0 Å². The standard InChI is InChI=1S/C15H18N2O/c1-13(18)16-15-8-4-6-14(12-15)7-5-11-17-9-2-3-10-17/h4,6,8,12H,2-3,9-11H2,1H3,(H,16,18)/p+1. The maximum atomic E-state index is 11.0. The van der Waals surface area contributed by atoms with Crippen LogP contribution in [0, 0.1) is 11.8 Å². The van der Waals surface area contributed by atoms with Crippen LogP contribution in [0.1, 0.15) is 25.3 Å². The highest BCUT2D eigenvalue weighted by atomic mass is 16.1. The van der Waals surface area contributed by atoms with Crippen molar-refractivity contribution in [3.63, 3.8) is 0 Å². The summed E-state index contributed by atoms with van der Waals surface area (Å²) in [6.07, 6.45) is 2.66. The molecule has 0 unspecified atom stereocenters. The van der Waals surface area contributed by atoms with E-state index in [0.29, 0.717) is 0 Å². The van der Waals surface area contributed by atoms with Crippen LogP contribution >= 0.6 is 0 Å².